The minimum atomic E-state index is 0.00651. The third-order valence-corrected chi connectivity index (χ3v) is 3.44. The van der Waals surface area contributed by atoms with E-state index in [2.05, 4.69) is 11.2 Å². The van der Waals surface area contributed by atoms with Gasteiger partial charge in [-0.2, -0.15) is 0 Å². The first-order valence-electron chi connectivity index (χ1n) is 6.39. The molecule has 2 fully saturated rings. The predicted molar refractivity (Wildman–Crippen MR) is 65.4 cm³/mol. The van der Waals surface area contributed by atoms with Gasteiger partial charge in [-0.25, -0.2) is 0 Å². The zero-order valence-corrected chi connectivity index (χ0v) is 10.2. The van der Waals surface area contributed by atoms with Crippen LogP contribution in [-0.2, 0) is 9.53 Å². The van der Waals surface area contributed by atoms with Gasteiger partial charge in [0.2, 0.25) is 5.91 Å². The predicted octanol–water partition coefficient (Wildman–Crippen LogP) is 0.379. The van der Waals surface area contributed by atoms with Crippen LogP contribution in [0.1, 0.15) is 25.7 Å². The molecule has 4 heteroatoms. The van der Waals surface area contributed by atoms with Crippen molar-refractivity contribution in [3.05, 3.63) is 0 Å². The van der Waals surface area contributed by atoms with Gasteiger partial charge in [0, 0.05) is 19.7 Å². The van der Waals surface area contributed by atoms with E-state index in [4.69, 9.17) is 11.2 Å². The first-order chi connectivity index (χ1) is 8.31. The molecule has 0 bridgehead atoms. The van der Waals surface area contributed by atoms with Crippen LogP contribution in [0.4, 0.5) is 0 Å². The average Bonchev–Trinajstić information content (AvgIpc) is 2.99. The van der Waals surface area contributed by atoms with Crippen LogP contribution in [0.3, 0.4) is 0 Å². The Labute approximate surface area is 103 Å². The molecule has 2 aliphatic rings. The summed E-state index contributed by atoms with van der Waals surface area (Å²) >= 11 is 0. The summed E-state index contributed by atoms with van der Waals surface area (Å²) < 4.78 is 5.48. The van der Waals surface area contributed by atoms with E-state index < -0.39 is 0 Å². The normalized spacial score (nSPS) is 28.3. The van der Waals surface area contributed by atoms with E-state index in [0.717, 1.165) is 45.4 Å². The number of amides is 1. The summed E-state index contributed by atoms with van der Waals surface area (Å²) in [6, 6.07) is 0.00651. The molecule has 0 saturated carbocycles. The Morgan fingerprint density at radius 3 is 3.06 bits per heavy atom. The number of carbonyl (C=O) groups excluding carboxylic acids is 1. The Morgan fingerprint density at radius 2 is 2.35 bits per heavy atom. The third-order valence-electron chi connectivity index (χ3n) is 3.44. The summed E-state index contributed by atoms with van der Waals surface area (Å²) in [4.78, 5) is 13.7. The summed E-state index contributed by atoms with van der Waals surface area (Å²) in [5.74, 6) is 2.79. The van der Waals surface area contributed by atoms with Gasteiger partial charge in [-0.3, -0.25) is 4.79 Å². The molecule has 2 saturated heterocycles. The van der Waals surface area contributed by atoms with Crippen LogP contribution in [0, 0.1) is 12.3 Å². The maximum atomic E-state index is 11.9. The van der Waals surface area contributed by atoms with Gasteiger partial charge in [-0.1, -0.05) is 5.92 Å². The molecule has 94 valence electrons. The van der Waals surface area contributed by atoms with Crippen molar-refractivity contribution in [2.24, 2.45) is 0 Å². The van der Waals surface area contributed by atoms with Crippen molar-refractivity contribution < 1.29 is 9.53 Å². The first kappa shape index (κ1) is 12.4. The number of ether oxygens (including phenoxy) is 1. The van der Waals surface area contributed by atoms with Crippen molar-refractivity contribution in [3.8, 4) is 12.3 Å². The molecule has 4 nitrogen and oxygen atoms in total. The number of nitrogens with one attached hydrogen (secondary N) is 1. The fourth-order valence-electron chi connectivity index (χ4n) is 2.49. The molecule has 0 aliphatic carbocycles. The average molecular weight is 236 g/mol. The Hall–Kier alpha value is -1.05. The molecular weight excluding hydrogens is 216 g/mol. The minimum absolute atomic E-state index is 0.00651. The van der Waals surface area contributed by atoms with E-state index in [1.54, 1.807) is 0 Å². The lowest BCUT2D eigenvalue weighted by Gasteiger charge is -2.21. The zero-order valence-electron chi connectivity index (χ0n) is 10.2. The molecule has 1 N–H and O–H groups in total. The van der Waals surface area contributed by atoms with Crippen molar-refractivity contribution in [3.63, 3.8) is 0 Å². The molecule has 0 spiro atoms. The van der Waals surface area contributed by atoms with Crippen molar-refractivity contribution in [2.75, 3.05) is 26.2 Å². The smallest absolute Gasteiger partial charge is 0.237 e. The maximum Gasteiger partial charge on any atom is 0.237 e. The molecule has 2 rings (SSSR count). The second kappa shape index (κ2) is 6.04. The molecule has 2 atom stereocenters. The van der Waals surface area contributed by atoms with Gasteiger partial charge in [0.15, 0.2) is 0 Å². The van der Waals surface area contributed by atoms with Gasteiger partial charge in [-0.15, -0.1) is 6.42 Å². The van der Waals surface area contributed by atoms with E-state index in [-0.39, 0.29) is 18.1 Å². The van der Waals surface area contributed by atoms with Crippen LogP contribution < -0.4 is 5.32 Å². The van der Waals surface area contributed by atoms with Crippen molar-refractivity contribution in [1.29, 1.82) is 0 Å². The third kappa shape index (κ3) is 3.21. The largest absolute Gasteiger partial charge is 0.377 e. The highest BCUT2D eigenvalue weighted by Crippen LogP contribution is 2.16. The molecule has 17 heavy (non-hydrogen) atoms. The van der Waals surface area contributed by atoms with Gasteiger partial charge in [0.05, 0.1) is 18.7 Å². The van der Waals surface area contributed by atoms with E-state index in [1.165, 1.54) is 0 Å². The second-order valence-corrected chi connectivity index (χ2v) is 4.68. The highest BCUT2D eigenvalue weighted by molar-refractivity contribution is 5.79. The van der Waals surface area contributed by atoms with E-state index >= 15 is 0 Å². The Morgan fingerprint density at radius 1 is 1.47 bits per heavy atom. The Bertz CT molecular complexity index is 305. The molecule has 0 aromatic rings. The summed E-state index contributed by atoms with van der Waals surface area (Å²) in [5, 5.41) is 3.16. The van der Waals surface area contributed by atoms with E-state index in [1.807, 2.05) is 4.90 Å². The molecule has 0 unspecified atom stereocenters. The molecule has 0 aromatic carbocycles. The summed E-state index contributed by atoms with van der Waals surface area (Å²) in [6.45, 7) is 2.79. The standard InChI is InChI=1S/C13H20N2O2/c1-2-11-5-3-7-15(11)13(16)10-14-9-12-6-4-8-17-12/h1,11-12,14H,3-10H2/t11-,12-/m0/s1. The SMILES string of the molecule is C#C[C@H]1CCCN1C(=O)CNC[C@@H]1CCCO1. The number of likely N-dealkylation sites (tertiary alicyclic amines) is 1. The first-order valence-corrected chi connectivity index (χ1v) is 6.39. The van der Waals surface area contributed by atoms with Crippen molar-refractivity contribution in [1.82, 2.24) is 10.2 Å². The topological polar surface area (TPSA) is 41.6 Å². The molecular formula is C13H20N2O2. The van der Waals surface area contributed by atoms with Gasteiger partial charge in [0.25, 0.3) is 0 Å². The minimum Gasteiger partial charge on any atom is -0.377 e. The second-order valence-electron chi connectivity index (χ2n) is 4.68. The Balaban J connectivity index is 1.68. The zero-order chi connectivity index (χ0) is 12.1. The number of terminal acetylenes is 1. The van der Waals surface area contributed by atoms with Crippen molar-refractivity contribution in [2.45, 2.75) is 37.8 Å². The van der Waals surface area contributed by atoms with E-state index in [9.17, 15) is 4.79 Å². The highest BCUT2D eigenvalue weighted by Gasteiger charge is 2.26. The van der Waals surface area contributed by atoms with Crippen LogP contribution in [0.25, 0.3) is 0 Å². The monoisotopic (exact) mass is 236 g/mol. The number of carbonyl (C=O) groups is 1. The number of nitrogens with zero attached hydrogens (tertiary/aromatic N) is 1. The fraction of sp³-hybridized carbons (Fsp3) is 0.769. The molecule has 2 heterocycles. The molecule has 0 radical (unpaired) electrons. The summed E-state index contributed by atoms with van der Waals surface area (Å²) in [5.41, 5.74) is 0. The van der Waals surface area contributed by atoms with Crippen LogP contribution in [0.2, 0.25) is 0 Å². The van der Waals surface area contributed by atoms with Gasteiger partial charge >= 0.3 is 0 Å². The van der Waals surface area contributed by atoms with Crippen molar-refractivity contribution >= 4 is 5.91 Å². The van der Waals surface area contributed by atoms with Gasteiger partial charge in [0.1, 0.15) is 0 Å². The lowest BCUT2D eigenvalue weighted by molar-refractivity contribution is -0.130. The van der Waals surface area contributed by atoms with Crippen LogP contribution >= 0.6 is 0 Å². The quantitative estimate of drug-likeness (QED) is 0.718. The lowest BCUT2D eigenvalue weighted by Crippen LogP contribution is -2.42. The number of rotatable bonds is 4. The summed E-state index contributed by atoms with van der Waals surface area (Å²) in [6.07, 6.45) is 9.87. The highest BCUT2D eigenvalue weighted by atomic mass is 16.5. The fourth-order valence-corrected chi connectivity index (χ4v) is 2.49. The Kier molecular flexibility index (Phi) is 4.41. The summed E-state index contributed by atoms with van der Waals surface area (Å²) in [7, 11) is 0. The molecule has 2 aliphatic heterocycles. The molecule has 0 aromatic heterocycles. The van der Waals surface area contributed by atoms with Crippen LogP contribution in [-0.4, -0.2) is 49.2 Å². The maximum absolute atomic E-state index is 11.9. The van der Waals surface area contributed by atoms with Gasteiger partial charge < -0.3 is 15.0 Å². The van der Waals surface area contributed by atoms with Gasteiger partial charge in [-0.05, 0) is 25.7 Å². The van der Waals surface area contributed by atoms with Crippen LogP contribution in [0.15, 0.2) is 0 Å². The molecule has 1 amide bonds. The number of hydrogen-bond acceptors (Lipinski definition) is 3. The lowest BCUT2D eigenvalue weighted by atomic mass is 10.2. The number of hydrogen-bond donors (Lipinski definition) is 1. The van der Waals surface area contributed by atoms with E-state index in [0.29, 0.717) is 6.54 Å². The van der Waals surface area contributed by atoms with Crippen LogP contribution in [0.5, 0.6) is 0 Å².